The predicted molar refractivity (Wildman–Crippen MR) is 104 cm³/mol. The number of nitrogens with zero attached hydrogens (tertiary/aromatic N) is 2. The van der Waals surface area contributed by atoms with E-state index in [1.54, 1.807) is 30.3 Å². The van der Waals surface area contributed by atoms with Crippen LogP contribution in [0.2, 0.25) is 0 Å². The van der Waals surface area contributed by atoms with Crippen molar-refractivity contribution in [3.8, 4) is 0 Å². The molecule has 9 nitrogen and oxygen atoms in total. The van der Waals surface area contributed by atoms with Crippen LogP contribution < -0.4 is 16.4 Å². The molecule has 3 rings (SSSR count). The van der Waals surface area contributed by atoms with Crippen LogP contribution in [0.1, 0.15) is 12.8 Å². The molecule has 10 heteroatoms. The lowest BCUT2D eigenvalue weighted by atomic mass is 9.97. The van der Waals surface area contributed by atoms with Gasteiger partial charge in [0.15, 0.2) is 0 Å². The molecule has 148 valence electrons. The summed E-state index contributed by atoms with van der Waals surface area (Å²) in [6, 6.07) is 9.00. The van der Waals surface area contributed by atoms with Gasteiger partial charge < -0.3 is 16.4 Å². The Morgan fingerprint density at radius 1 is 1.04 bits per heavy atom. The third kappa shape index (κ3) is 4.65. The van der Waals surface area contributed by atoms with E-state index >= 15 is 0 Å². The largest absolute Gasteiger partial charge is 0.351 e. The van der Waals surface area contributed by atoms with Crippen molar-refractivity contribution in [2.75, 3.05) is 23.7 Å². The molecule has 4 N–H and O–H groups in total. The summed E-state index contributed by atoms with van der Waals surface area (Å²) in [6.07, 6.45) is 3.72. The Kier molecular flexibility index (Phi) is 5.90. The van der Waals surface area contributed by atoms with Crippen LogP contribution in [0.5, 0.6) is 0 Å². The number of piperidine rings is 1. The van der Waals surface area contributed by atoms with Gasteiger partial charge in [0, 0.05) is 42.8 Å². The Balaban J connectivity index is 1.56. The van der Waals surface area contributed by atoms with E-state index < -0.39 is 16.1 Å². The van der Waals surface area contributed by atoms with Gasteiger partial charge in [-0.05, 0) is 49.2 Å². The van der Waals surface area contributed by atoms with Gasteiger partial charge in [-0.25, -0.2) is 13.2 Å². The van der Waals surface area contributed by atoms with Crippen LogP contribution in [0.4, 0.5) is 16.2 Å². The van der Waals surface area contributed by atoms with Gasteiger partial charge in [-0.1, -0.05) is 0 Å². The number of rotatable bonds is 5. The second-order valence-electron chi connectivity index (χ2n) is 6.42. The van der Waals surface area contributed by atoms with E-state index in [0.29, 0.717) is 24.2 Å². The molecule has 0 saturated carbocycles. The van der Waals surface area contributed by atoms with Crippen molar-refractivity contribution in [2.45, 2.75) is 17.7 Å². The fourth-order valence-electron chi connectivity index (χ4n) is 3.03. The minimum Gasteiger partial charge on any atom is -0.351 e. The summed E-state index contributed by atoms with van der Waals surface area (Å²) in [4.78, 5) is 27.3. The number of hydrogen-bond acceptors (Lipinski definition) is 5. The predicted octanol–water partition coefficient (Wildman–Crippen LogP) is 1.61. The number of benzene rings is 1. The number of aromatic nitrogens is 1. The quantitative estimate of drug-likeness (QED) is 0.697. The Hall–Kier alpha value is -2.98. The van der Waals surface area contributed by atoms with Gasteiger partial charge in [0.2, 0.25) is 15.9 Å². The van der Waals surface area contributed by atoms with Gasteiger partial charge in [-0.3, -0.25) is 9.78 Å². The summed E-state index contributed by atoms with van der Waals surface area (Å²) in [5.41, 5.74) is 6.17. The average Bonchev–Trinajstić information content (AvgIpc) is 2.70. The zero-order valence-electron chi connectivity index (χ0n) is 15.0. The Morgan fingerprint density at radius 2 is 1.64 bits per heavy atom. The molecule has 3 amide bonds. The average molecular weight is 403 g/mol. The first-order valence-corrected chi connectivity index (χ1v) is 10.2. The van der Waals surface area contributed by atoms with Crippen molar-refractivity contribution < 1.29 is 18.0 Å². The second-order valence-corrected chi connectivity index (χ2v) is 8.36. The van der Waals surface area contributed by atoms with Crippen LogP contribution in [0.3, 0.4) is 0 Å². The van der Waals surface area contributed by atoms with Crippen LogP contribution in [0.25, 0.3) is 0 Å². The lowest BCUT2D eigenvalue weighted by Crippen LogP contribution is -2.41. The Labute approximate surface area is 163 Å². The summed E-state index contributed by atoms with van der Waals surface area (Å²) in [5, 5.41) is 5.26. The molecule has 2 aromatic rings. The van der Waals surface area contributed by atoms with E-state index in [9.17, 15) is 18.0 Å². The molecule has 1 aromatic heterocycles. The van der Waals surface area contributed by atoms with Gasteiger partial charge in [0.25, 0.3) is 0 Å². The Morgan fingerprint density at radius 3 is 2.18 bits per heavy atom. The van der Waals surface area contributed by atoms with Crippen molar-refractivity contribution in [2.24, 2.45) is 11.7 Å². The van der Waals surface area contributed by atoms with E-state index in [1.807, 2.05) is 0 Å². The highest BCUT2D eigenvalue weighted by atomic mass is 32.2. The summed E-state index contributed by atoms with van der Waals surface area (Å²) in [6.45, 7) is 0.549. The second kappa shape index (κ2) is 8.36. The first kappa shape index (κ1) is 19.8. The molecule has 0 radical (unpaired) electrons. The molecule has 0 aliphatic carbocycles. The highest BCUT2D eigenvalue weighted by Gasteiger charge is 2.32. The number of hydrogen-bond donors (Lipinski definition) is 3. The molecule has 1 aliphatic heterocycles. The van der Waals surface area contributed by atoms with Crippen LogP contribution in [0.15, 0.2) is 53.7 Å². The highest BCUT2D eigenvalue weighted by molar-refractivity contribution is 7.89. The molecule has 0 bridgehead atoms. The standard InChI is InChI=1S/C18H21N5O4S/c19-18(25)22-15-5-3-14(4-6-15)21-17(24)13-7-10-23(11-8-13)28(26,27)16-2-1-9-20-12-16/h1-6,9,12-13H,7-8,10-11H2,(H,21,24)(H3,19,22,25). The summed E-state index contributed by atoms with van der Waals surface area (Å²) >= 11 is 0. The molecular formula is C18H21N5O4S. The zero-order valence-corrected chi connectivity index (χ0v) is 15.9. The fourth-order valence-corrected chi connectivity index (χ4v) is 4.46. The maximum Gasteiger partial charge on any atom is 0.316 e. The normalized spacial score (nSPS) is 15.7. The number of primary amides is 1. The van der Waals surface area contributed by atoms with E-state index in [2.05, 4.69) is 15.6 Å². The molecule has 2 heterocycles. The molecule has 0 spiro atoms. The lowest BCUT2D eigenvalue weighted by molar-refractivity contribution is -0.120. The number of anilines is 2. The number of pyridine rings is 1. The van der Waals surface area contributed by atoms with E-state index in [1.165, 1.54) is 22.8 Å². The molecule has 28 heavy (non-hydrogen) atoms. The van der Waals surface area contributed by atoms with Crippen molar-refractivity contribution in [3.63, 3.8) is 0 Å². The van der Waals surface area contributed by atoms with Crippen molar-refractivity contribution in [1.29, 1.82) is 0 Å². The third-order valence-corrected chi connectivity index (χ3v) is 6.40. The molecule has 0 unspecified atom stereocenters. The number of nitrogens with one attached hydrogen (secondary N) is 2. The smallest absolute Gasteiger partial charge is 0.316 e. The molecule has 1 aliphatic rings. The monoisotopic (exact) mass is 403 g/mol. The fraction of sp³-hybridized carbons (Fsp3) is 0.278. The van der Waals surface area contributed by atoms with Crippen molar-refractivity contribution in [1.82, 2.24) is 9.29 Å². The topological polar surface area (TPSA) is 134 Å². The highest BCUT2D eigenvalue weighted by Crippen LogP contribution is 2.24. The number of urea groups is 1. The maximum absolute atomic E-state index is 12.6. The van der Waals surface area contributed by atoms with E-state index in [0.717, 1.165) is 0 Å². The van der Waals surface area contributed by atoms with Gasteiger partial charge in [-0.2, -0.15) is 4.31 Å². The van der Waals surface area contributed by atoms with Gasteiger partial charge >= 0.3 is 6.03 Å². The zero-order chi connectivity index (χ0) is 20.1. The number of carbonyl (C=O) groups is 2. The van der Waals surface area contributed by atoms with Crippen molar-refractivity contribution in [3.05, 3.63) is 48.8 Å². The van der Waals surface area contributed by atoms with Crippen LogP contribution in [-0.4, -0.2) is 42.7 Å². The van der Waals surface area contributed by atoms with E-state index in [4.69, 9.17) is 5.73 Å². The van der Waals surface area contributed by atoms with Crippen LogP contribution in [-0.2, 0) is 14.8 Å². The third-order valence-electron chi connectivity index (χ3n) is 4.52. The molecular weight excluding hydrogens is 382 g/mol. The Bertz CT molecular complexity index is 940. The van der Waals surface area contributed by atoms with Gasteiger partial charge in [-0.15, -0.1) is 0 Å². The minimum absolute atomic E-state index is 0.155. The van der Waals surface area contributed by atoms with Crippen molar-refractivity contribution >= 4 is 33.3 Å². The summed E-state index contributed by atoms with van der Waals surface area (Å²) < 4.78 is 26.6. The SMILES string of the molecule is NC(=O)Nc1ccc(NC(=O)C2CCN(S(=O)(=O)c3cccnc3)CC2)cc1. The van der Waals surface area contributed by atoms with Gasteiger partial charge in [0.1, 0.15) is 4.90 Å². The summed E-state index contributed by atoms with van der Waals surface area (Å²) in [5.74, 6) is -0.433. The maximum atomic E-state index is 12.6. The molecule has 1 fully saturated rings. The molecule has 1 saturated heterocycles. The summed E-state index contributed by atoms with van der Waals surface area (Å²) in [7, 11) is -3.59. The lowest BCUT2D eigenvalue weighted by Gasteiger charge is -2.30. The first-order valence-electron chi connectivity index (χ1n) is 8.74. The number of amides is 3. The minimum atomic E-state index is -3.59. The van der Waals surface area contributed by atoms with E-state index in [-0.39, 0.29) is 29.8 Å². The number of sulfonamides is 1. The number of carbonyl (C=O) groups excluding carboxylic acids is 2. The number of nitrogens with two attached hydrogens (primary N) is 1. The molecule has 0 atom stereocenters. The van der Waals surface area contributed by atoms with Crippen LogP contribution >= 0.6 is 0 Å². The first-order chi connectivity index (χ1) is 13.4. The van der Waals surface area contributed by atoms with Crippen LogP contribution in [0, 0.1) is 5.92 Å². The van der Waals surface area contributed by atoms with Gasteiger partial charge in [0.05, 0.1) is 0 Å². The molecule has 1 aromatic carbocycles.